The Bertz CT molecular complexity index is 1010. The van der Waals surface area contributed by atoms with Crippen LogP contribution in [0.2, 0.25) is 10.0 Å². The van der Waals surface area contributed by atoms with Gasteiger partial charge >= 0.3 is 0 Å². The van der Waals surface area contributed by atoms with Crippen LogP contribution in [0.4, 0.5) is 0 Å². The molecule has 0 fully saturated rings. The van der Waals surface area contributed by atoms with Gasteiger partial charge in [-0.15, -0.1) is 0 Å². The summed E-state index contributed by atoms with van der Waals surface area (Å²) in [5.41, 5.74) is 3.39. The predicted octanol–water partition coefficient (Wildman–Crippen LogP) is 4.33. The Morgan fingerprint density at radius 1 is 1.17 bits per heavy atom. The minimum Gasteiger partial charge on any atom is -0.468 e. The second kappa shape index (κ2) is 8.88. The predicted molar refractivity (Wildman–Crippen MR) is 112 cm³/mol. The van der Waals surface area contributed by atoms with Crippen LogP contribution in [0, 0.1) is 13.8 Å². The lowest BCUT2D eigenvalue weighted by molar-refractivity contribution is 0.0776. The SMILES string of the molecule is CCn1nc(C)c(CN(C)C(=O)c2ccn(COc3c(Cl)cccc3Cl)n2)c1C. The Morgan fingerprint density at radius 2 is 1.86 bits per heavy atom. The Labute approximate surface area is 179 Å². The van der Waals surface area contributed by atoms with E-state index in [1.54, 1.807) is 42.4 Å². The maximum Gasteiger partial charge on any atom is 0.274 e. The lowest BCUT2D eigenvalue weighted by atomic mass is 10.2. The number of amides is 1. The highest BCUT2D eigenvalue weighted by Crippen LogP contribution is 2.32. The van der Waals surface area contributed by atoms with Crippen LogP contribution in [0.15, 0.2) is 30.5 Å². The summed E-state index contributed by atoms with van der Waals surface area (Å²) in [6.07, 6.45) is 1.68. The van der Waals surface area contributed by atoms with Gasteiger partial charge in [-0.25, -0.2) is 4.68 Å². The van der Waals surface area contributed by atoms with Crippen LogP contribution >= 0.6 is 23.2 Å². The molecule has 29 heavy (non-hydrogen) atoms. The van der Waals surface area contributed by atoms with Crippen LogP contribution in [-0.2, 0) is 19.8 Å². The van der Waals surface area contributed by atoms with Crippen LogP contribution in [-0.4, -0.2) is 37.4 Å². The summed E-state index contributed by atoms with van der Waals surface area (Å²) in [4.78, 5) is 14.4. The maximum absolute atomic E-state index is 12.8. The van der Waals surface area contributed by atoms with Crippen molar-refractivity contribution in [3.63, 3.8) is 0 Å². The highest BCUT2D eigenvalue weighted by molar-refractivity contribution is 6.37. The van der Waals surface area contributed by atoms with E-state index in [1.807, 2.05) is 25.5 Å². The van der Waals surface area contributed by atoms with Crippen molar-refractivity contribution in [3.8, 4) is 5.75 Å². The van der Waals surface area contributed by atoms with Crippen molar-refractivity contribution in [2.75, 3.05) is 7.05 Å². The molecule has 0 spiro atoms. The zero-order valence-electron chi connectivity index (χ0n) is 16.8. The average molecular weight is 436 g/mol. The van der Waals surface area contributed by atoms with Gasteiger partial charge in [0.15, 0.2) is 18.2 Å². The first-order valence-corrected chi connectivity index (χ1v) is 9.96. The van der Waals surface area contributed by atoms with Gasteiger partial charge in [-0.3, -0.25) is 9.48 Å². The first kappa shape index (κ1) is 21.2. The minimum absolute atomic E-state index is 0.0853. The zero-order valence-corrected chi connectivity index (χ0v) is 18.3. The van der Waals surface area contributed by atoms with Crippen LogP contribution in [0.1, 0.15) is 34.4 Å². The van der Waals surface area contributed by atoms with E-state index >= 15 is 0 Å². The maximum atomic E-state index is 12.8. The summed E-state index contributed by atoms with van der Waals surface area (Å²) in [6, 6.07) is 6.79. The van der Waals surface area contributed by atoms with Crippen LogP contribution in [0.3, 0.4) is 0 Å². The number of ether oxygens (including phenoxy) is 1. The second-order valence-electron chi connectivity index (χ2n) is 6.69. The molecule has 1 aromatic carbocycles. The molecule has 0 radical (unpaired) electrons. The van der Waals surface area contributed by atoms with Crippen molar-refractivity contribution in [1.29, 1.82) is 0 Å². The quantitative estimate of drug-likeness (QED) is 0.553. The number of aromatic nitrogens is 4. The van der Waals surface area contributed by atoms with Gasteiger partial charge in [0.1, 0.15) is 0 Å². The summed E-state index contributed by atoms with van der Waals surface area (Å²) in [5, 5.41) is 9.64. The number of hydrogen-bond donors (Lipinski definition) is 0. The van der Waals surface area contributed by atoms with Gasteiger partial charge in [0.2, 0.25) is 0 Å². The fourth-order valence-electron chi connectivity index (χ4n) is 3.07. The first-order chi connectivity index (χ1) is 13.8. The molecule has 2 heterocycles. The summed E-state index contributed by atoms with van der Waals surface area (Å²) < 4.78 is 9.11. The lowest BCUT2D eigenvalue weighted by Gasteiger charge is -2.16. The number of carbonyl (C=O) groups excluding carboxylic acids is 1. The van der Waals surface area contributed by atoms with Crippen molar-refractivity contribution in [3.05, 3.63) is 63.2 Å². The summed E-state index contributed by atoms with van der Waals surface area (Å²) in [6.45, 7) is 7.37. The van der Waals surface area contributed by atoms with E-state index in [4.69, 9.17) is 27.9 Å². The highest BCUT2D eigenvalue weighted by Gasteiger charge is 2.19. The van der Waals surface area contributed by atoms with E-state index in [1.165, 1.54) is 4.68 Å². The molecule has 0 unspecified atom stereocenters. The fraction of sp³-hybridized carbons (Fsp3) is 0.350. The Hall–Kier alpha value is -2.51. The summed E-state index contributed by atoms with van der Waals surface area (Å²) in [5.74, 6) is 0.206. The number of carbonyl (C=O) groups is 1. The van der Waals surface area contributed by atoms with Gasteiger partial charge in [-0.05, 0) is 39.0 Å². The van der Waals surface area contributed by atoms with Crippen molar-refractivity contribution < 1.29 is 9.53 Å². The van der Waals surface area contributed by atoms with Gasteiger partial charge in [0.25, 0.3) is 5.91 Å². The summed E-state index contributed by atoms with van der Waals surface area (Å²) >= 11 is 12.2. The van der Waals surface area contributed by atoms with Gasteiger partial charge in [0, 0.05) is 37.6 Å². The molecule has 0 aliphatic heterocycles. The van der Waals surface area contributed by atoms with Crippen LogP contribution in [0.5, 0.6) is 5.75 Å². The lowest BCUT2D eigenvalue weighted by Crippen LogP contribution is -2.27. The molecule has 0 N–H and O–H groups in total. The van der Waals surface area contributed by atoms with Gasteiger partial charge in [-0.2, -0.15) is 10.2 Å². The Morgan fingerprint density at radius 3 is 2.48 bits per heavy atom. The molecule has 154 valence electrons. The molecule has 7 nitrogen and oxygen atoms in total. The van der Waals surface area contributed by atoms with Crippen molar-refractivity contribution in [2.24, 2.45) is 0 Å². The first-order valence-electron chi connectivity index (χ1n) is 9.20. The number of aryl methyl sites for hydroxylation is 2. The molecule has 0 atom stereocenters. The number of hydrogen-bond acceptors (Lipinski definition) is 4. The standard InChI is InChI=1S/C20H23Cl2N5O2/c1-5-27-14(3)15(13(2)23-27)11-25(4)20(28)18-9-10-26(24-18)12-29-19-16(21)7-6-8-17(19)22/h6-10H,5,11-12H2,1-4H3. The van der Waals surface area contributed by atoms with Gasteiger partial charge in [-0.1, -0.05) is 29.3 Å². The molecular formula is C20H23Cl2N5O2. The normalized spacial score (nSPS) is 11.0. The van der Waals surface area contributed by atoms with Crippen LogP contribution in [0.25, 0.3) is 0 Å². The molecule has 0 saturated carbocycles. The third-order valence-electron chi connectivity index (χ3n) is 4.69. The number of benzene rings is 1. The molecule has 9 heteroatoms. The minimum atomic E-state index is -0.178. The van der Waals surface area contributed by atoms with Crippen molar-refractivity contribution >= 4 is 29.1 Å². The number of nitrogens with zero attached hydrogens (tertiary/aromatic N) is 5. The molecule has 3 aromatic rings. The second-order valence-corrected chi connectivity index (χ2v) is 7.51. The van der Waals surface area contributed by atoms with E-state index in [-0.39, 0.29) is 12.6 Å². The number of para-hydroxylation sites is 1. The van der Waals surface area contributed by atoms with Gasteiger partial charge in [0.05, 0.1) is 15.7 Å². The van der Waals surface area contributed by atoms with Crippen molar-refractivity contribution in [2.45, 2.75) is 40.6 Å². The van der Waals surface area contributed by atoms with Gasteiger partial charge < -0.3 is 9.64 Å². The Kier molecular flexibility index (Phi) is 6.49. The van der Waals surface area contributed by atoms with E-state index in [0.717, 1.165) is 23.5 Å². The third kappa shape index (κ3) is 4.57. The fourth-order valence-corrected chi connectivity index (χ4v) is 3.58. The third-order valence-corrected chi connectivity index (χ3v) is 5.29. The van der Waals surface area contributed by atoms with Crippen LogP contribution < -0.4 is 4.74 Å². The monoisotopic (exact) mass is 435 g/mol. The zero-order chi connectivity index (χ0) is 21.1. The summed E-state index contributed by atoms with van der Waals surface area (Å²) in [7, 11) is 1.75. The molecule has 0 aliphatic rings. The largest absolute Gasteiger partial charge is 0.468 e. The molecule has 0 bridgehead atoms. The molecule has 2 aromatic heterocycles. The average Bonchev–Trinajstić information content (AvgIpc) is 3.26. The topological polar surface area (TPSA) is 65.2 Å². The molecule has 1 amide bonds. The number of rotatable bonds is 7. The Balaban J connectivity index is 1.66. The highest BCUT2D eigenvalue weighted by atomic mass is 35.5. The van der Waals surface area contributed by atoms with E-state index < -0.39 is 0 Å². The van der Waals surface area contributed by atoms with Crippen molar-refractivity contribution in [1.82, 2.24) is 24.5 Å². The molecule has 3 rings (SSSR count). The van der Waals surface area contributed by atoms with E-state index in [9.17, 15) is 4.79 Å². The molecular weight excluding hydrogens is 413 g/mol. The molecule has 0 saturated heterocycles. The number of halogens is 2. The molecule has 0 aliphatic carbocycles. The smallest absolute Gasteiger partial charge is 0.274 e. The van der Waals surface area contributed by atoms with E-state index in [2.05, 4.69) is 10.2 Å². The van der Waals surface area contributed by atoms with E-state index in [0.29, 0.717) is 28.0 Å².